The molecule has 0 aliphatic carbocycles. The number of aryl methyl sites for hydroxylation is 2. The Hall–Kier alpha value is -3.25. The second-order valence-corrected chi connectivity index (χ2v) is 9.20. The maximum absolute atomic E-state index is 13.7. The number of alkyl halides is 4. The van der Waals surface area contributed by atoms with Crippen LogP contribution in [0.15, 0.2) is 22.9 Å². The van der Waals surface area contributed by atoms with Crippen LogP contribution >= 0.6 is 0 Å². The number of fused-ring (bicyclic) bond motifs is 3. The molecule has 1 saturated heterocycles. The molecule has 37 heavy (non-hydrogen) atoms. The average molecular weight is 522 g/mol. The molecule has 1 aliphatic rings. The first-order chi connectivity index (χ1) is 17.7. The first-order valence-corrected chi connectivity index (χ1v) is 12.0. The summed E-state index contributed by atoms with van der Waals surface area (Å²) in [5, 5.41) is 4.75. The summed E-state index contributed by atoms with van der Waals surface area (Å²) in [5.74, 6) is -0.897. The van der Waals surface area contributed by atoms with Crippen molar-refractivity contribution in [3.63, 3.8) is 0 Å². The largest absolute Gasteiger partial charge is 0.496 e. The summed E-state index contributed by atoms with van der Waals surface area (Å²) in [7, 11) is 1.56. The van der Waals surface area contributed by atoms with Crippen LogP contribution < -0.4 is 4.74 Å². The Morgan fingerprint density at radius 2 is 1.89 bits per heavy atom. The Morgan fingerprint density at radius 3 is 2.54 bits per heavy atom. The first kappa shape index (κ1) is 25.4. The van der Waals surface area contributed by atoms with Crippen LogP contribution in [0.3, 0.4) is 0 Å². The molecule has 0 N–H and O–H groups in total. The van der Waals surface area contributed by atoms with E-state index in [1.165, 1.54) is 0 Å². The van der Waals surface area contributed by atoms with E-state index in [1.807, 2.05) is 35.4 Å². The standard InChI is InChI=1S/C25H27F4N5O3/c1-14-22(15(2)37-32-14)17-10-18-16(11-20(17)35-3)23-19(12-30-18)31-21(34(23)8-9-36-24(26)27)13-33-6-4-25(28,29)5-7-33/h10-12,24H,4-9,13H2,1-3H3. The van der Waals surface area contributed by atoms with E-state index in [0.29, 0.717) is 51.5 Å². The molecular formula is C25H27F4N5O3. The maximum atomic E-state index is 13.7. The van der Waals surface area contributed by atoms with Crippen molar-refractivity contribution in [2.24, 2.45) is 0 Å². The lowest BCUT2D eigenvalue weighted by atomic mass is 10.0. The molecule has 0 unspecified atom stereocenters. The number of piperidine rings is 1. The van der Waals surface area contributed by atoms with Gasteiger partial charge >= 0.3 is 6.61 Å². The van der Waals surface area contributed by atoms with Crippen molar-refractivity contribution in [1.82, 2.24) is 24.6 Å². The molecular weight excluding hydrogens is 494 g/mol. The van der Waals surface area contributed by atoms with Gasteiger partial charge in [0.05, 0.1) is 48.7 Å². The molecule has 0 amide bonds. The Kier molecular flexibility index (Phi) is 6.80. The summed E-state index contributed by atoms with van der Waals surface area (Å²) in [5.41, 5.74) is 4.17. The van der Waals surface area contributed by atoms with Gasteiger partial charge in [-0.1, -0.05) is 5.16 Å². The van der Waals surface area contributed by atoms with Crippen LogP contribution in [0.5, 0.6) is 5.75 Å². The molecule has 1 aromatic carbocycles. The fourth-order valence-corrected chi connectivity index (χ4v) is 4.95. The van der Waals surface area contributed by atoms with Crippen LogP contribution in [-0.4, -0.2) is 63.9 Å². The van der Waals surface area contributed by atoms with Gasteiger partial charge < -0.3 is 18.6 Å². The van der Waals surface area contributed by atoms with Crippen LogP contribution in [0, 0.1) is 13.8 Å². The number of aromatic nitrogens is 4. The Bertz CT molecular complexity index is 1410. The van der Waals surface area contributed by atoms with Crippen molar-refractivity contribution in [3.8, 4) is 16.9 Å². The summed E-state index contributed by atoms with van der Waals surface area (Å²) in [6.45, 7) is 1.35. The van der Waals surface area contributed by atoms with Crippen molar-refractivity contribution in [1.29, 1.82) is 0 Å². The fourth-order valence-electron chi connectivity index (χ4n) is 4.95. The zero-order valence-electron chi connectivity index (χ0n) is 20.7. The van der Waals surface area contributed by atoms with Gasteiger partial charge in [0.15, 0.2) is 0 Å². The molecule has 8 nitrogen and oxygen atoms in total. The predicted molar refractivity (Wildman–Crippen MR) is 128 cm³/mol. The third-order valence-electron chi connectivity index (χ3n) is 6.79. The summed E-state index contributed by atoms with van der Waals surface area (Å²) < 4.78 is 70.2. The van der Waals surface area contributed by atoms with E-state index in [1.54, 1.807) is 13.3 Å². The molecule has 1 aliphatic heterocycles. The molecule has 0 radical (unpaired) electrons. The lowest BCUT2D eigenvalue weighted by Gasteiger charge is -2.31. The van der Waals surface area contributed by atoms with Crippen LogP contribution in [0.4, 0.5) is 17.6 Å². The minimum atomic E-state index is -2.90. The molecule has 3 aromatic heterocycles. The Morgan fingerprint density at radius 1 is 1.14 bits per heavy atom. The number of likely N-dealkylation sites (tertiary alicyclic amines) is 1. The summed E-state index contributed by atoms with van der Waals surface area (Å²) >= 11 is 0. The fraction of sp³-hybridized carbons (Fsp3) is 0.480. The SMILES string of the molecule is COc1cc2c(cc1-c1c(C)noc1C)ncc1nc(CN3CCC(F)(F)CC3)n(CCOC(F)F)c12. The van der Waals surface area contributed by atoms with Gasteiger partial charge in [0.1, 0.15) is 22.9 Å². The monoisotopic (exact) mass is 521 g/mol. The Balaban J connectivity index is 1.62. The lowest BCUT2D eigenvalue weighted by Crippen LogP contribution is -2.39. The highest BCUT2D eigenvalue weighted by molar-refractivity contribution is 6.05. The van der Waals surface area contributed by atoms with Crippen LogP contribution in [0.25, 0.3) is 33.1 Å². The number of hydrogen-bond acceptors (Lipinski definition) is 7. The van der Waals surface area contributed by atoms with Gasteiger partial charge in [0, 0.05) is 43.4 Å². The van der Waals surface area contributed by atoms with Gasteiger partial charge in [-0.3, -0.25) is 9.88 Å². The molecule has 4 heterocycles. The van der Waals surface area contributed by atoms with Gasteiger partial charge in [-0.15, -0.1) is 0 Å². The smallest absolute Gasteiger partial charge is 0.345 e. The molecule has 0 atom stereocenters. The highest BCUT2D eigenvalue weighted by Crippen LogP contribution is 2.39. The number of hydrogen-bond donors (Lipinski definition) is 0. The van der Waals surface area contributed by atoms with E-state index >= 15 is 0 Å². The number of benzene rings is 1. The molecule has 4 aromatic rings. The van der Waals surface area contributed by atoms with E-state index < -0.39 is 12.5 Å². The molecule has 1 fully saturated rings. The van der Waals surface area contributed by atoms with Crippen molar-refractivity contribution < 1.29 is 31.6 Å². The predicted octanol–water partition coefficient (Wildman–Crippen LogP) is 5.34. The molecule has 0 spiro atoms. The van der Waals surface area contributed by atoms with Gasteiger partial charge in [-0.2, -0.15) is 8.78 Å². The number of methoxy groups -OCH3 is 1. The molecule has 0 saturated carbocycles. The first-order valence-electron chi connectivity index (χ1n) is 12.0. The van der Waals surface area contributed by atoms with Crippen molar-refractivity contribution in [2.75, 3.05) is 26.8 Å². The zero-order chi connectivity index (χ0) is 26.3. The van der Waals surface area contributed by atoms with E-state index in [2.05, 4.69) is 14.9 Å². The van der Waals surface area contributed by atoms with Crippen molar-refractivity contribution >= 4 is 21.9 Å². The van der Waals surface area contributed by atoms with Crippen LogP contribution in [0.1, 0.15) is 30.1 Å². The van der Waals surface area contributed by atoms with Crippen molar-refractivity contribution in [2.45, 2.75) is 52.3 Å². The molecule has 0 bridgehead atoms. The van der Waals surface area contributed by atoms with Gasteiger partial charge in [-0.05, 0) is 26.0 Å². The highest BCUT2D eigenvalue weighted by Gasteiger charge is 2.34. The third-order valence-corrected chi connectivity index (χ3v) is 6.79. The second-order valence-electron chi connectivity index (χ2n) is 9.20. The topological polar surface area (TPSA) is 78.4 Å². The van der Waals surface area contributed by atoms with E-state index in [0.717, 1.165) is 11.1 Å². The zero-order valence-corrected chi connectivity index (χ0v) is 20.7. The third kappa shape index (κ3) is 4.99. The van der Waals surface area contributed by atoms with E-state index in [4.69, 9.17) is 14.2 Å². The van der Waals surface area contributed by atoms with Gasteiger partial charge in [-0.25, -0.2) is 13.8 Å². The lowest BCUT2D eigenvalue weighted by molar-refractivity contribution is -0.130. The summed E-state index contributed by atoms with van der Waals surface area (Å²) in [6.07, 6.45) is 1.17. The summed E-state index contributed by atoms with van der Waals surface area (Å²) in [6, 6.07) is 3.71. The number of rotatable bonds is 8. The number of nitrogens with zero attached hydrogens (tertiary/aromatic N) is 5. The minimum absolute atomic E-state index is 0.104. The number of halogens is 4. The maximum Gasteiger partial charge on any atom is 0.345 e. The summed E-state index contributed by atoms with van der Waals surface area (Å²) in [4.78, 5) is 11.2. The Labute approximate surface area is 210 Å². The van der Waals surface area contributed by atoms with E-state index in [9.17, 15) is 17.6 Å². The van der Waals surface area contributed by atoms with Crippen molar-refractivity contribution in [3.05, 3.63) is 35.6 Å². The number of imidazole rings is 1. The molecule has 198 valence electrons. The van der Waals surface area contributed by atoms with E-state index in [-0.39, 0.29) is 39.1 Å². The second kappa shape index (κ2) is 9.90. The average Bonchev–Trinajstić information content (AvgIpc) is 3.38. The minimum Gasteiger partial charge on any atom is -0.496 e. The quantitative estimate of drug-likeness (QED) is 0.290. The highest BCUT2D eigenvalue weighted by atomic mass is 19.3. The molecule has 12 heteroatoms. The number of ether oxygens (including phenoxy) is 2. The molecule has 5 rings (SSSR count). The normalized spacial score (nSPS) is 16.3. The number of pyridine rings is 1. The van der Waals surface area contributed by atoms with Crippen LogP contribution in [-0.2, 0) is 17.8 Å². The van der Waals surface area contributed by atoms with Crippen LogP contribution in [0.2, 0.25) is 0 Å². The van der Waals surface area contributed by atoms with Gasteiger partial charge in [0.2, 0.25) is 0 Å². The van der Waals surface area contributed by atoms with Gasteiger partial charge in [0.25, 0.3) is 5.92 Å².